The van der Waals surface area contributed by atoms with Crippen LogP contribution in [0.2, 0.25) is 0 Å². The fourth-order valence-corrected chi connectivity index (χ4v) is 3.92. The van der Waals surface area contributed by atoms with Crippen LogP contribution < -0.4 is 10.6 Å². The second-order valence-corrected chi connectivity index (χ2v) is 6.78. The first kappa shape index (κ1) is 16.4. The van der Waals surface area contributed by atoms with Crippen molar-refractivity contribution in [2.24, 2.45) is 11.8 Å². The van der Waals surface area contributed by atoms with E-state index in [1.807, 2.05) is 12.1 Å². The van der Waals surface area contributed by atoms with Crippen LogP contribution in [0.25, 0.3) is 0 Å². The van der Waals surface area contributed by atoms with Crippen molar-refractivity contribution in [1.82, 2.24) is 10.6 Å². The van der Waals surface area contributed by atoms with Gasteiger partial charge in [-0.3, -0.25) is 10.1 Å². The molecular formula is C17H25N3O3. The Bertz CT molecular complexity index is 552. The lowest BCUT2D eigenvalue weighted by atomic mass is 9.93. The molecule has 126 valence electrons. The maximum atomic E-state index is 11.2. The summed E-state index contributed by atoms with van der Waals surface area (Å²) >= 11 is 0. The van der Waals surface area contributed by atoms with Crippen LogP contribution in [0, 0.1) is 22.0 Å². The lowest BCUT2D eigenvalue weighted by Gasteiger charge is -2.24. The van der Waals surface area contributed by atoms with Gasteiger partial charge in [0, 0.05) is 43.2 Å². The van der Waals surface area contributed by atoms with Gasteiger partial charge in [-0.2, -0.15) is 0 Å². The van der Waals surface area contributed by atoms with Gasteiger partial charge in [0.15, 0.2) is 0 Å². The third-order valence-electron chi connectivity index (χ3n) is 5.28. The van der Waals surface area contributed by atoms with Crippen LogP contribution in [0.4, 0.5) is 5.69 Å². The second-order valence-electron chi connectivity index (χ2n) is 6.78. The SMILES string of the molecule is O=[N+]([O-])c1ccccc1CC1CCCC1NCC1CNCC1O. The highest BCUT2D eigenvalue weighted by Crippen LogP contribution is 2.31. The quantitative estimate of drug-likeness (QED) is 0.546. The van der Waals surface area contributed by atoms with E-state index in [4.69, 9.17) is 0 Å². The Morgan fingerprint density at radius 1 is 1.26 bits per heavy atom. The van der Waals surface area contributed by atoms with E-state index in [-0.39, 0.29) is 22.6 Å². The lowest BCUT2D eigenvalue weighted by molar-refractivity contribution is -0.385. The maximum absolute atomic E-state index is 11.2. The summed E-state index contributed by atoms with van der Waals surface area (Å²) < 4.78 is 0. The maximum Gasteiger partial charge on any atom is 0.272 e. The van der Waals surface area contributed by atoms with Gasteiger partial charge in [0.2, 0.25) is 0 Å². The first-order chi connectivity index (χ1) is 11.1. The fraction of sp³-hybridized carbons (Fsp3) is 0.647. The predicted octanol–water partition coefficient (Wildman–Crippen LogP) is 1.48. The summed E-state index contributed by atoms with van der Waals surface area (Å²) in [5, 5.41) is 27.9. The number of nitrogens with one attached hydrogen (secondary N) is 2. The van der Waals surface area contributed by atoms with Gasteiger partial charge in [-0.1, -0.05) is 24.6 Å². The highest BCUT2D eigenvalue weighted by molar-refractivity contribution is 5.40. The molecule has 1 heterocycles. The molecular weight excluding hydrogens is 294 g/mol. The van der Waals surface area contributed by atoms with Crippen LogP contribution >= 0.6 is 0 Å². The van der Waals surface area contributed by atoms with Gasteiger partial charge in [-0.25, -0.2) is 0 Å². The number of β-amino-alcohol motifs (C(OH)–C–C–N with tert-alkyl or cyclic N) is 1. The van der Waals surface area contributed by atoms with E-state index in [0.29, 0.717) is 18.5 Å². The molecule has 2 fully saturated rings. The number of aliphatic hydroxyl groups is 1. The van der Waals surface area contributed by atoms with Crippen molar-refractivity contribution in [3.8, 4) is 0 Å². The molecule has 3 N–H and O–H groups in total. The summed E-state index contributed by atoms with van der Waals surface area (Å²) in [7, 11) is 0. The van der Waals surface area contributed by atoms with Gasteiger partial charge in [-0.15, -0.1) is 0 Å². The van der Waals surface area contributed by atoms with Crippen LogP contribution in [-0.4, -0.2) is 41.8 Å². The van der Waals surface area contributed by atoms with E-state index in [1.54, 1.807) is 12.1 Å². The minimum absolute atomic E-state index is 0.230. The molecule has 6 nitrogen and oxygen atoms in total. The molecule has 0 spiro atoms. The number of nitro groups is 1. The van der Waals surface area contributed by atoms with E-state index in [9.17, 15) is 15.2 Å². The number of aliphatic hydroxyl groups excluding tert-OH is 1. The van der Waals surface area contributed by atoms with Crippen molar-refractivity contribution in [2.45, 2.75) is 37.8 Å². The number of hydrogen-bond acceptors (Lipinski definition) is 5. The molecule has 1 saturated heterocycles. The first-order valence-electron chi connectivity index (χ1n) is 8.49. The number of rotatable bonds is 6. The molecule has 1 aliphatic heterocycles. The minimum Gasteiger partial charge on any atom is -0.391 e. The van der Waals surface area contributed by atoms with Crippen molar-refractivity contribution in [3.05, 3.63) is 39.9 Å². The van der Waals surface area contributed by atoms with E-state index >= 15 is 0 Å². The highest BCUT2D eigenvalue weighted by atomic mass is 16.6. The molecule has 0 radical (unpaired) electrons. The topological polar surface area (TPSA) is 87.4 Å². The highest BCUT2D eigenvalue weighted by Gasteiger charge is 2.31. The third-order valence-corrected chi connectivity index (χ3v) is 5.28. The van der Waals surface area contributed by atoms with Crippen LogP contribution in [0.15, 0.2) is 24.3 Å². The summed E-state index contributed by atoms with van der Waals surface area (Å²) in [5.74, 6) is 0.699. The zero-order valence-electron chi connectivity index (χ0n) is 13.3. The minimum atomic E-state index is -0.284. The Kier molecular flexibility index (Phi) is 5.25. The fourth-order valence-electron chi connectivity index (χ4n) is 3.92. The summed E-state index contributed by atoms with van der Waals surface area (Å²) in [6.07, 6.45) is 3.86. The normalized spacial score (nSPS) is 30.7. The van der Waals surface area contributed by atoms with Crippen LogP contribution in [0.1, 0.15) is 24.8 Å². The smallest absolute Gasteiger partial charge is 0.272 e. The summed E-state index contributed by atoms with van der Waals surface area (Å²) in [4.78, 5) is 10.9. The van der Waals surface area contributed by atoms with Gasteiger partial charge in [0.1, 0.15) is 0 Å². The molecule has 0 bridgehead atoms. The first-order valence-corrected chi connectivity index (χ1v) is 8.49. The van der Waals surface area contributed by atoms with E-state index in [2.05, 4.69) is 10.6 Å². The molecule has 1 saturated carbocycles. The molecule has 3 rings (SSSR count). The summed E-state index contributed by atoms with van der Waals surface area (Å²) in [6, 6.07) is 7.45. The van der Waals surface area contributed by atoms with Crippen LogP contribution in [-0.2, 0) is 6.42 Å². The molecule has 1 aromatic carbocycles. The third kappa shape index (κ3) is 3.88. The number of hydrogen-bond donors (Lipinski definition) is 3. The van der Waals surface area contributed by atoms with E-state index in [0.717, 1.165) is 44.3 Å². The van der Waals surface area contributed by atoms with E-state index < -0.39 is 0 Å². The van der Waals surface area contributed by atoms with Gasteiger partial charge in [-0.05, 0) is 25.2 Å². The molecule has 4 atom stereocenters. The van der Waals surface area contributed by atoms with Crippen molar-refractivity contribution in [1.29, 1.82) is 0 Å². The Morgan fingerprint density at radius 3 is 2.83 bits per heavy atom. The molecule has 0 aromatic heterocycles. The summed E-state index contributed by atoms with van der Waals surface area (Å²) in [5.41, 5.74) is 1.06. The van der Waals surface area contributed by atoms with Gasteiger partial charge < -0.3 is 15.7 Å². The standard InChI is InChI=1S/C17H25N3O3/c21-17-11-18-9-14(17)10-19-15-6-3-5-12(15)8-13-4-1-2-7-16(13)20(22)23/h1-2,4,7,12,14-15,17-19,21H,3,5-6,8-11H2. The molecule has 0 amide bonds. The van der Waals surface area contributed by atoms with Crippen LogP contribution in [0.3, 0.4) is 0 Å². The Labute approximate surface area is 136 Å². The Balaban J connectivity index is 1.60. The number of nitro benzene ring substituents is 1. The summed E-state index contributed by atoms with van der Waals surface area (Å²) in [6.45, 7) is 2.35. The average Bonchev–Trinajstić information content (AvgIpc) is 3.14. The Hall–Kier alpha value is -1.50. The Morgan fingerprint density at radius 2 is 2.09 bits per heavy atom. The van der Waals surface area contributed by atoms with E-state index in [1.165, 1.54) is 0 Å². The average molecular weight is 319 g/mol. The van der Waals surface area contributed by atoms with Crippen molar-refractivity contribution in [3.63, 3.8) is 0 Å². The molecule has 23 heavy (non-hydrogen) atoms. The molecule has 6 heteroatoms. The molecule has 1 aliphatic carbocycles. The molecule has 4 unspecified atom stereocenters. The number of nitrogens with zero attached hydrogens (tertiary/aromatic N) is 1. The van der Waals surface area contributed by atoms with Crippen LogP contribution in [0.5, 0.6) is 0 Å². The van der Waals surface area contributed by atoms with Crippen molar-refractivity contribution < 1.29 is 10.0 Å². The number of benzene rings is 1. The zero-order valence-corrected chi connectivity index (χ0v) is 13.3. The van der Waals surface area contributed by atoms with Crippen molar-refractivity contribution >= 4 is 5.69 Å². The second kappa shape index (κ2) is 7.38. The van der Waals surface area contributed by atoms with Gasteiger partial charge in [0.05, 0.1) is 11.0 Å². The monoisotopic (exact) mass is 319 g/mol. The predicted molar refractivity (Wildman–Crippen MR) is 88.3 cm³/mol. The lowest BCUT2D eigenvalue weighted by Crippen LogP contribution is -2.39. The number of para-hydroxylation sites is 1. The largest absolute Gasteiger partial charge is 0.391 e. The zero-order chi connectivity index (χ0) is 16.2. The molecule has 2 aliphatic rings. The molecule has 1 aromatic rings. The van der Waals surface area contributed by atoms with Gasteiger partial charge >= 0.3 is 0 Å². The van der Waals surface area contributed by atoms with Crippen molar-refractivity contribution in [2.75, 3.05) is 19.6 Å². The van der Waals surface area contributed by atoms with Gasteiger partial charge in [0.25, 0.3) is 5.69 Å².